The van der Waals surface area contributed by atoms with Crippen molar-refractivity contribution < 1.29 is 9.53 Å². The highest BCUT2D eigenvalue weighted by Gasteiger charge is 2.07. The number of hydrogen-bond donors (Lipinski definition) is 1. The molecule has 0 aliphatic rings. The average Bonchev–Trinajstić information content (AvgIpc) is 2.38. The Hall–Kier alpha value is -1.51. The molecule has 0 aliphatic heterocycles. The van der Waals surface area contributed by atoms with Crippen LogP contribution >= 0.6 is 0 Å². The van der Waals surface area contributed by atoms with Crippen molar-refractivity contribution in [2.24, 2.45) is 5.92 Å². The van der Waals surface area contributed by atoms with Gasteiger partial charge in [-0.2, -0.15) is 0 Å². The van der Waals surface area contributed by atoms with Crippen molar-refractivity contribution in [3.8, 4) is 5.75 Å². The van der Waals surface area contributed by atoms with Crippen molar-refractivity contribution in [2.75, 3.05) is 13.2 Å². The highest BCUT2D eigenvalue weighted by molar-refractivity contribution is 5.75. The quantitative estimate of drug-likeness (QED) is 0.788. The molecule has 0 bridgehead atoms. The number of amides is 1. The van der Waals surface area contributed by atoms with Crippen LogP contribution < -0.4 is 10.1 Å². The second-order valence-corrected chi connectivity index (χ2v) is 5.41. The SMILES string of the molecule is CCC(CC)CNC(=O)CCOc1cc(C)cc(C)c1. The van der Waals surface area contributed by atoms with Gasteiger partial charge in [-0.1, -0.05) is 32.8 Å². The van der Waals surface area contributed by atoms with Crippen LogP contribution in [0.25, 0.3) is 0 Å². The maximum Gasteiger partial charge on any atom is 0.223 e. The Morgan fingerprint density at radius 1 is 1.15 bits per heavy atom. The van der Waals surface area contributed by atoms with E-state index in [-0.39, 0.29) is 5.91 Å². The molecule has 112 valence electrons. The van der Waals surface area contributed by atoms with Crippen LogP contribution in [-0.4, -0.2) is 19.1 Å². The number of aryl methyl sites for hydroxylation is 2. The summed E-state index contributed by atoms with van der Waals surface area (Å²) in [5.74, 6) is 1.50. The summed E-state index contributed by atoms with van der Waals surface area (Å²) < 4.78 is 5.64. The van der Waals surface area contributed by atoms with E-state index in [9.17, 15) is 4.79 Å². The maximum atomic E-state index is 11.7. The molecule has 20 heavy (non-hydrogen) atoms. The number of benzene rings is 1. The Kier molecular flexibility index (Phi) is 7.13. The van der Waals surface area contributed by atoms with Gasteiger partial charge in [0, 0.05) is 6.54 Å². The van der Waals surface area contributed by atoms with Crippen molar-refractivity contribution in [2.45, 2.75) is 47.0 Å². The predicted octanol–water partition coefficient (Wildman–Crippen LogP) is 3.62. The van der Waals surface area contributed by atoms with Crippen LogP contribution in [0.1, 0.15) is 44.2 Å². The standard InChI is InChI=1S/C17H27NO2/c1-5-15(6-2)12-18-17(19)7-8-20-16-10-13(3)9-14(4)11-16/h9-11,15H,5-8,12H2,1-4H3,(H,18,19). The van der Waals surface area contributed by atoms with Gasteiger partial charge in [0.2, 0.25) is 5.91 Å². The number of nitrogens with one attached hydrogen (secondary N) is 1. The van der Waals surface area contributed by atoms with E-state index in [1.54, 1.807) is 0 Å². The Morgan fingerprint density at radius 3 is 2.30 bits per heavy atom. The third-order valence-corrected chi connectivity index (χ3v) is 3.54. The largest absolute Gasteiger partial charge is 0.493 e. The molecule has 1 aromatic carbocycles. The van der Waals surface area contributed by atoms with Gasteiger partial charge < -0.3 is 10.1 Å². The lowest BCUT2D eigenvalue weighted by Crippen LogP contribution is -2.29. The van der Waals surface area contributed by atoms with Crippen LogP contribution in [0.5, 0.6) is 5.75 Å². The minimum atomic E-state index is 0.0706. The smallest absolute Gasteiger partial charge is 0.223 e. The predicted molar refractivity (Wildman–Crippen MR) is 83.1 cm³/mol. The van der Waals surface area contributed by atoms with Gasteiger partial charge in [-0.05, 0) is 43.0 Å². The van der Waals surface area contributed by atoms with E-state index in [0.29, 0.717) is 18.9 Å². The molecule has 0 heterocycles. The van der Waals surface area contributed by atoms with Gasteiger partial charge >= 0.3 is 0 Å². The maximum absolute atomic E-state index is 11.7. The first-order chi connectivity index (χ1) is 9.55. The number of hydrogen-bond acceptors (Lipinski definition) is 2. The molecule has 3 nitrogen and oxygen atoms in total. The van der Waals surface area contributed by atoms with Gasteiger partial charge in [0.05, 0.1) is 13.0 Å². The van der Waals surface area contributed by atoms with E-state index < -0.39 is 0 Å². The molecular weight excluding hydrogens is 250 g/mol. The van der Waals surface area contributed by atoms with Crippen molar-refractivity contribution in [3.05, 3.63) is 29.3 Å². The normalized spacial score (nSPS) is 10.7. The summed E-state index contributed by atoms with van der Waals surface area (Å²) in [5, 5.41) is 2.97. The number of rotatable bonds is 8. The van der Waals surface area contributed by atoms with Gasteiger partial charge in [-0.15, -0.1) is 0 Å². The lowest BCUT2D eigenvalue weighted by molar-refractivity contribution is -0.121. The summed E-state index contributed by atoms with van der Waals surface area (Å²) in [5.41, 5.74) is 2.36. The Morgan fingerprint density at radius 2 is 1.75 bits per heavy atom. The van der Waals surface area contributed by atoms with E-state index in [4.69, 9.17) is 4.74 Å². The van der Waals surface area contributed by atoms with Gasteiger partial charge in [0.15, 0.2) is 0 Å². The number of carbonyl (C=O) groups is 1. The lowest BCUT2D eigenvalue weighted by Gasteiger charge is -2.13. The summed E-state index contributed by atoms with van der Waals surface area (Å²) in [6, 6.07) is 6.10. The second-order valence-electron chi connectivity index (χ2n) is 5.41. The topological polar surface area (TPSA) is 38.3 Å². The molecule has 0 atom stereocenters. The van der Waals surface area contributed by atoms with Crippen molar-refractivity contribution in [1.82, 2.24) is 5.32 Å². The fourth-order valence-corrected chi connectivity index (χ4v) is 2.20. The molecule has 1 N–H and O–H groups in total. The Labute approximate surface area is 122 Å². The molecule has 0 saturated heterocycles. The fourth-order valence-electron chi connectivity index (χ4n) is 2.20. The minimum Gasteiger partial charge on any atom is -0.493 e. The zero-order valence-corrected chi connectivity index (χ0v) is 13.2. The van der Waals surface area contributed by atoms with Crippen molar-refractivity contribution >= 4 is 5.91 Å². The zero-order valence-electron chi connectivity index (χ0n) is 13.2. The van der Waals surface area contributed by atoms with Crippen LogP contribution in [0.15, 0.2) is 18.2 Å². The first kappa shape index (κ1) is 16.5. The summed E-state index contributed by atoms with van der Waals surface area (Å²) in [6.07, 6.45) is 2.62. The van der Waals surface area contributed by atoms with Gasteiger partial charge in [-0.3, -0.25) is 4.79 Å². The molecule has 3 heteroatoms. The molecule has 0 aromatic heterocycles. The first-order valence-electron chi connectivity index (χ1n) is 7.53. The van der Waals surface area contributed by atoms with E-state index in [1.807, 2.05) is 26.0 Å². The van der Waals surface area contributed by atoms with Crippen LogP contribution in [0.3, 0.4) is 0 Å². The monoisotopic (exact) mass is 277 g/mol. The van der Waals surface area contributed by atoms with Crippen molar-refractivity contribution in [1.29, 1.82) is 0 Å². The summed E-state index contributed by atoms with van der Waals surface area (Å²) in [7, 11) is 0. The first-order valence-corrected chi connectivity index (χ1v) is 7.53. The fraction of sp³-hybridized carbons (Fsp3) is 0.588. The van der Waals surface area contributed by atoms with Gasteiger partial charge in [0.25, 0.3) is 0 Å². The molecule has 0 unspecified atom stereocenters. The average molecular weight is 277 g/mol. The lowest BCUT2D eigenvalue weighted by atomic mass is 10.0. The van der Waals surface area contributed by atoms with Crippen LogP contribution in [0, 0.1) is 19.8 Å². The molecule has 1 rings (SSSR count). The number of carbonyl (C=O) groups excluding carboxylic acids is 1. The summed E-state index contributed by atoms with van der Waals surface area (Å²) in [6.45, 7) is 9.60. The van der Waals surface area contributed by atoms with E-state index in [2.05, 4.69) is 25.2 Å². The Balaban J connectivity index is 2.28. The third-order valence-electron chi connectivity index (χ3n) is 3.54. The molecule has 1 amide bonds. The van der Waals surface area contributed by atoms with E-state index >= 15 is 0 Å². The van der Waals surface area contributed by atoms with E-state index in [1.165, 1.54) is 11.1 Å². The summed E-state index contributed by atoms with van der Waals surface area (Å²) in [4.78, 5) is 11.7. The Bertz CT molecular complexity index is 405. The molecule has 1 aromatic rings. The van der Waals surface area contributed by atoms with Gasteiger partial charge in [-0.25, -0.2) is 0 Å². The second kappa shape index (κ2) is 8.62. The highest BCUT2D eigenvalue weighted by Crippen LogP contribution is 2.16. The van der Waals surface area contributed by atoms with Gasteiger partial charge in [0.1, 0.15) is 5.75 Å². The molecule has 0 fully saturated rings. The van der Waals surface area contributed by atoms with Crippen LogP contribution in [-0.2, 0) is 4.79 Å². The zero-order chi connectivity index (χ0) is 15.0. The molecule has 0 saturated carbocycles. The number of ether oxygens (including phenoxy) is 1. The van der Waals surface area contributed by atoms with Crippen LogP contribution in [0.2, 0.25) is 0 Å². The van der Waals surface area contributed by atoms with E-state index in [0.717, 1.165) is 25.1 Å². The highest BCUT2D eigenvalue weighted by atomic mass is 16.5. The minimum absolute atomic E-state index is 0.0706. The summed E-state index contributed by atoms with van der Waals surface area (Å²) >= 11 is 0. The third kappa shape index (κ3) is 6.09. The van der Waals surface area contributed by atoms with Crippen LogP contribution in [0.4, 0.5) is 0 Å². The molecule has 0 radical (unpaired) electrons. The van der Waals surface area contributed by atoms with Crippen molar-refractivity contribution in [3.63, 3.8) is 0 Å². The molecule has 0 spiro atoms. The molecular formula is C17H27NO2. The molecule has 0 aliphatic carbocycles.